The summed E-state index contributed by atoms with van der Waals surface area (Å²) in [5.41, 5.74) is 0. The summed E-state index contributed by atoms with van der Waals surface area (Å²) in [6.07, 6.45) is 3.77. The molecule has 1 fully saturated rings. The number of amides is 1. The minimum atomic E-state index is -1.85. The number of ether oxygens (including phenoxy) is 1. The molecule has 0 bridgehead atoms. The van der Waals surface area contributed by atoms with Crippen molar-refractivity contribution in [2.24, 2.45) is 5.92 Å². The van der Waals surface area contributed by atoms with Gasteiger partial charge in [-0.3, -0.25) is 4.79 Å². The number of β-lactam (4-membered cyclic amide) rings is 1. The lowest BCUT2D eigenvalue weighted by Gasteiger charge is -2.49. The minimum Gasteiger partial charge on any atom is -0.413 e. The third kappa shape index (κ3) is 2.71. The minimum absolute atomic E-state index is 0.0808. The summed E-state index contributed by atoms with van der Waals surface area (Å²) in [6.45, 7) is 14.3. The average Bonchev–Trinajstić information content (AvgIpc) is 2.49. The number of hydrogen-bond acceptors (Lipinski definition) is 3. The van der Waals surface area contributed by atoms with Crippen molar-refractivity contribution in [2.45, 2.75) is 58.2 Å². The molecule has 4 nitrogen and oxygen atoms in total. The van der Waals surface area contributed by atoms with Crippen LogP contribution in [-0.4, -0.2) is 44.6 Å². The zero-order valence-electron chi connectivity index (χ0n) is 13.5. The Morgan fingerprint density at radius 3 is 2.65 bits per heavy atom. The molecule has 0 aliphatic carbocycles. The molecule has 5 heteroatoms. The molecule has 0 saturated carbocycles. The first-order valence-electron chi connectivity index (χ1n) is 7.40. The second kappa shape index (κ2) is 5.28. The Bertz CT molecular complexity index is 414. The monoisotopic (exact) mass is 297 g/mol. The van der Waals surface area contributed by atoms with Crippen LogP contribution in [0.2, 0.25) is 18.1 Å². The fourth-order valence-electron chi connectivity index (χ4n) is 2.50. The Kier molecular flexibility index (Phi) is 4.15. The van der Waals surface area contributed by atoms with Gasteiger partial charge in [-0.2, -0.15) is 0 Å². The van der Waals surface area contributed by atoms with Gasteiger partial charge in [-0.15, -0.1) is 0 Å². The van der Waals surface area contributed by atoms with Gasteiger partial charge in [0.15, 0.2) is 8.32 Å². The van der Waals surface area contributed by atoms with Crippen LogP contribution in [0.5, 0.6) is 0 Å². The van der Waals surface area contributed by atoms with Crippen molar-refractivity contribution in [1.29, 1.82) is 0 Å². The number of fused-ring (bicyclic) bond motifs is 1. The first kappa shape index (κ1) is 15.7. The van der Waals surface area contributed by atoms with Crippen LogP contribution in [0.15, 0.2) is 12.2 Å². The van der Waals surface area contributed by atoms with Crippen molar-refractivity contribution < 1.29 is 14.0 Å². The molecule has 0 spiro atoms. The lowest BCUT2D eigenvalue weighted by atomic mass is 9.90. The molecule has 114 valence electrons. The summed E-state index contributed by atoms with van der Waals surface area (Å²) in [5.74, 6) is 0.0109. The van der Waals surface area contributed by atoms with Crippen LogP contribution >= 0.6 is 0 Å². The van der Waals surface area contributed by atoms with E-state index in [1.807, 2.05) is 19.1 Å². The van der Waals surface area contributed by atoms with Gasteiger partial charge in [-0.1, -0.05) is 32.9 Å². The fourth-order valence-corrected chi connectivity index (χ4v) is 3.93. The van der Waals surface area contributed by atoms with E-state index in [9.17, 15) is 4.79 Å². The van der Waals surface area contributed by atoms with Crippen molar-refractivity contribution >= 4 is 14.2 Å². The summed E-state index contributed by atoms with van der Waals surface area (Å²) in [6, 6.07) is 0. The van der Waals surface area contributed by atoms with Crippen LogP contribution in [0.25, 0.3) is 0 Å². The molecule has 2 aliphatic rings. The Morgan fingerprint density at radius 1 is 1.40 bits per heavy atom. The summed E-state index contributed by atoms with van der Waals surface area (Å²) in [4.78, 5) is 14.1. The summed E-state index contributed by atoms with van der Waals surface area (Å²) in [5, 5.41) is 0.152. The van der Waals surface area contributed by atoms with E-state index in [2.05, 4.69) is 33.9 Å². The molecule has 2 rings (SSSR count). The van der Waals surface area contributed by atoms with E-state index in [1.165, 1.54) is 0 Å². The van der Waals surface area contributed by atoms with Gasteiger partial charge in [0.05, 0.1) is 12.7 Å². The Hall–Kier alpha value is -0.653. The zero-order valence-corrected chi connectivity index (χ0v) is 14.5. The summed E-state index contributed by atoms with van der Waals surface area (Å²) >= 11 is 0. The van der Waals surface area contributed by atoms with Gasteiger partial charge in [0, 0.05) is 6.54 Å². The highest BCUT2D eigenvalue weighted by Crippen LogP contribution is 2.40. The van der Waals surface area contributed by atoms with Gasteiger partial charge >= 0.3 is 0 Å². The molecule has 0 unspecified atom stereocenters. The van der Waals surface area contributed by atoms with E-state index in [-0.39, 0.29) is 29.2 Å². The van der Waals surface area contributed by atoms with E-state index < -0.39 is 8.32 Å². The second-order valence-electron chi connectivity index (χ2n) is 7.29. The third-order valence-corrected chi connectivity index (χ3v) is 9.38. The maximum absolute atomic E-state index is 12.3. The molecule has 20 heavy (non-hydrogen) atoms. The van der Waals surface area contributed by atoms with Crippen molar-refractivity contribution in [3.05, 3.63) is 12.2 Å². The summed E-state index contributed by atoms with van der Waals surface area (Å²) < 4.78 is 12.1. The highest BCUT2D eigenvalue weighted by molar-refractivity contribution is 6.74. The second-order valence-corrected chi connectivity index (χ2v) is 12.1. The number of carbonyl (C=O) groups is 1. The zero-order chi connectivity index (χ0) is 15.1. The van der Waals surface area contributed by atoms with Gasteiger partial charge in [-0.05, 0) is 25.1 Å². The Morgan fingerprint density at radius 2 is 2.05 bits per heavy atom. The van der Waals surface area contributed by atoms with E-state index in [0.717, 1.165) is 0 Å². The normalized spacial score (nSPS) is 28.7. The topological polar surface area (TPSA) is 38.8 Å². The van der Waals surface area contributed by atoms with E-state index in [0.29, 0.717) is 13.2 Å². The van der Waals surface area contributed by atoms with E-state index in [4.69, 9.17) is 9.16 Å². The molecule has 1 amide bonds. The first-order chi connectivity index (χ1) is 9.15. The van der Waals surface area contributed by atoms with Crippen molar-refractivity contribution in [3.63, 3.8) is 0 Å². The molecular formula is C15H27NO3Si. The average molecular weight is 297 g/mol. The van der Waals surface area contributed by atoms with Gasteiger partial charge in [0.2, 0.25) is 5.91 Å². The highest BCUT2D eigenvalue weighted by atomic mass is 28.4. The molecule has 0 radical (unpaired) electrons. The van der Waals surface area contributed by atoms with Crippen molar-refractivity contribution in [1.82, 2.24) is 4.90 Å². The lowest BCUT2D eigenvalue weighted by Crippen LogP contribution is -2.66. The molecular weight excluding hydrogens is 270 g/mol. The quantitative estimate of drug-likeness (QED) is 0.457. The maximum atomic E-state index is 12.3. The maximum Gasteiger partial charge on any atom is 0.235 e. The van der Waals surface area contributed by atoms with E-state index in [1.54, 1.807) is 4.90 Å². The van der Waals surface area contributed by atoms with Gasteiger partial charge < -0.3 is 14.1 Å². The van der Waals surface area contributed by atoms with Crippen molar-refractivity contribution in [3.8, 4) is 0 Å². The van der Waals surface area contributed by atoms with Gasteiger partial charge in [-0.25, -0.2) is 0 Å². The smallest absolute Gasteiger partial charge is 0.235 e. The highest BCUT2D eigenvalue weighted by Gasteiger charge is 2.53. The SMILES string of the molecule is C[C@@H](O[Si](C)(C)C(C)(C)C)[C@H]1C(=O)N2CC=CCO[C@H]12. The Labute approximate surface area is 123 Å². The molecule has 1 saturated heterocycles. The van der Waals surface area contributed by atoms with Crippen LogP contribution in [0.1, 0.15) is 27.7 Å². The summed E-state index contributed by atoms with van der Waals surface area (Å²) in [7, 11) is -1.85. The fraction of sp³-hybridized carbons (Fsp3) is 0.800. The lowest BCUT2D eigenvalue weighted by molar-refractivity contribution is -0.198. The number of rotatable bonds is 3. The van der Waals surface area contributed by atoms with E-state index >= 15 is 0 Å². The van der Waals surface area contributed by atoms with Crippen LogP contribution in [-0.2, 0) is 14.0 Å². The standard InChI is InChI=1S/C15H27NO3Si/c1-11(19-20(5,6)15(2,3)4)12-13(17)16-9-7-8-10-18-14(12)16/h7-8,11-12,14H,9-10H2,1-6H3/t11-,12+,14-/m1/s1. The molecule has 2 heterocycles. The molecule has 3 atom stereocenters. The van der Waals surface area contributed by atoms with Crippen LogP contribution in [0.4, 0.5) is 0 Å². The number of carbonyl (C=O) groups excluding carboxylic acids is 1. The number of nitrogens with zero attached hydrogens (tertiary/aromatic N) is 1. The predicted octanol–water partition coefficient (Wildman–Crippen LogP) is 2.77. The van der Waals surface area contributed by atoms with Crippen LogP contribution in [0.3, 0.4) is 0 Å². The number of hydrogen-bond donors (Lipinski definition) is 0. The Balaban J connectivity index is 2.04. The molecule has 0 aromatic carbocycles. The van der Waals surface area contributed by atoms with Gasteiger partial charge in [0.25, 0.3) is 0 Å². The molecule has 2 aliphatic heterocycles. The van der Waals surface area contributed by atoms with Gasteiger partial charge in [0.1, 0.15) is 12.1 Å². The molecule has 0 aromatic rings. The molecule has 0 N–H and O–H groups in total. The molecule has 0 aromatic heterocycles. The first-order valence-corrected chi connectivity index (χ1v) is 10.3. The van der Waals surface area contributed by atoms with Crippen molar-refractivity contribution in [2.75, 3.05) is 13.2 Å². The van der Waals surface area contributed by atoms with Crippen LogP contribution < -0.4 is 0 Å². The third-order valence-electron chi connectivity index (χ3n) is 4.81. The largest absolute Gasteiger partial charge is 0.413 e. The predicted molar refractivity (Wildman–Crippen MR) is 81.8 cm³/mol. The van der Waals surface area contributed by atoms with Crippen LogP contribution in [0, 0.1) is 5.92 Å².